The van der Waals surface area contributed by atoms with E-state index < -0.39 is 0 Å². The Balaban J connectivity index is 1.53. The molecule has 0 unspecified atom stereocenters. The van der Waals surface area contributed by atoms with E-state index in [0.29, 0.717) is 0 Å². The molecule has 1 saturated carbocycles. The van der Waals surface area contributed by atoms with Gasteiger partial charge >= 0.3 is 0 Å². The molecule has 4 rings (SSSR count). The number of likely N-dealkylation sites (N-methyl/N-ethyl adjacent to an activating group) is 1. The zero-order chi connectivity index (χ0) is 18.8. The molecule has 2 aromatic rings. The summed E-state index contributed by atoms with van der Waals surface area (Å²) in [6, 6.07) is 8.29. The largest absolute Gasteiger partial charge is 0.354 e. The maximum Gasteiger partial charge on any atom is 0.227 e. The minimum absolute atomic E-state index is 0.174. The Morgan fingerprint density at radius 2 is 1.81 bits per heavy atom. The van der Waals surface area contributed by atoms with Gasteiger partial charge in [-0.1, -0.05) is 19.3 Å². The van der Waals surface area contributed by atoms with E-state index in [-0.39, 0.29) is 11.8 Å². The fraction of sp³-hybridized carbons (Fsp3) is 0.545. The maximum absolute atomic E-state index is 12.5. The van der Waals surface area contributed by atoms with E-state index in [1.807, 2.05) is 12.1 Å². The normalized spacial score (nSPS) is 19.4. The molecule has 2 aliphatic rings. The Morgan fingerprint density at radius 1 is 1.07 bits per heavy atom. The monoisotopic (exact) mass is 366 g/mol. The summed E-state index contributed by atoms with van der Waals surface area (Å²) in [4.78, 5) is 22.1. The average molecular weight is 367 g/mol. The van der Waals surface area contributed by atoms with Crippen LogP contribution in [0.5, 0.6) is 0 Å². The average Bonchev–Trinajstić information content (AvgIpc) is 2.69. The Kier molecular flexibility index (Phi) is 5.30. The van der Waals surface area contributed by atoms with E-state index in [9.17, 15) is 4.79 Å². The van der Waals surface area contributed by atoms with Gasteiger partial charge in [0.2, 0.25) is 5.91 Å². The van der Waals surface area contributed by atoms with Crippen LogP contribution in [-0.2, 0) is 4.79 Å². The molecule has 5 nitrogen and oxygen atoms in total. The van der Waals surface area contributed by atoms with Gasteiger partial charge in [0.05, 0.1) is 5.52 Å². The molecule has 2 fully saturated rings. The molecule has 1 aromatic carbocycles. The zero-order valence-corrected chi connectivity index (χ0v) is 16.5. The third-order valence-electron chi connectivity index (χ3n) is 6.07. The van der Waals surface area contributed by atoms with Crippen molar-refractivity contribution in [3.05, 3.63) is 29.8 Å². The van der Waals surface area contributed by atoms with E-state index in [4.69, 9.17) is 4.98 Å². The molecule has 1 aliphatic carbocycles. The molecule has 1 saturated heterocycles. The summed E-state index contributed by atoms with van der Waals surface area (Å²) in [5.41, 5.74) is 3.10. The van der Waals surface area contributed by atoms with Gasteiger partial charge in [0.25, 0.3) is 0 Å². The predicted octanol–water partition coefficient (Wildman–Crippen LogP) is 3.81. The number of anilines is 2. The highest BCUT2D eigenvalue weighted by Crippen LogP contribution is 2.28. The summed E-state index contributed by atoms with van der Waals surface area (Å²) in [6.07, 6.45) is 5.66. The lowest BCUT2D eigenvalue weighted by molar-refractivity contribution is -0.120. The highest BCUT2D eigenvalue weighted by Gasteiger charge is 2.21. The zero-order valence-electron chi connectivity index (χ0n) is 16.5. The molecule has 0 radical (unpaired) electrons. The summed E-state index contributed by atoms with van der Waals surface area (Å²) in [5.74, 6) is 1.41. The van der Waals surface area contributed by atoms with E-state index in [2.05, 4.69) is 41.2 Å². The smallest absolute Gasteiger partial charge is 0.227 e. The van der Waals surface area contributed by atoms with Gasteiger partial charge < -0.3 is 15.1 Å². The Hall–Kier alpha value is -2.14. The summed E-state index contributed by atoms with van der Waals surface area (Å²) in [6.45, 7) is 6.32. The molecule has 5 heteroatoms. The first-order valence-corrected chi connectivity index (χ1v) is 10.3. The van der Waals surface area contributed by atoms with Gasteiger partial charge in [-0.3, -0.25) is 4.79 Å². The Labute approximate surface area is 161 Å². The van der Waals surface area contributed by atoms with Gasteiger partial charge in [-0.25, -0.2) is 4.98 Å². The number of carbonyl (C=O) groups is 1. The van der Waals surface area contributed by atoms with E-state index in [1.165, 1.54) is 24.8 Å². The Morgan fingerprint density at radius 3 is 2.56 bits per heavy atom. The van der Waals surface area contributed by atoms with Gasteiger partial charge in [0, 0.05) is 43.2 Å². The van der Waals surface area contributed by atoms with Crippen molar-refractivity contribution in [2.24, 2.45) is 5.92 Å². The SMILES string of the molecule is Cc1cc(N2CCN(C)CC2)nc2ccc(NC(=O)C3CCCCC3)cc12. The van der Waals surface area contributed by atoms with Crippen LogP contribution in [0.3, 0.4) is 0 Å². The maximum atomic E-state index is 12.5. The summed E-state index contributed by atoms with van der Waals surface area (Å²) in [7, 11) is 2.17. The number of rotatable bonds is 3. The number of fused-ring (bicyclic) bond motifs is 1. The van der Waals surface area contributed by atoms with Crippen LogP contribution in [0.2, 0.25) is 0 Å². The fourth-order valence-electron chi connectivity index (χ4n) is 4.26. The lowest BCUT2D eigenvalue weighted by Crippen LogP contribution is -2.44. The third kappa shape index (κ3) is 4.08. The van der Waals surface area contributed by atoms with Crippen LogP contribution in [0.1, 0.15) is 37.7 Å². The van der Waals surface area contributed by atoms with Crippen molar-refractivity contribution in [2.75, 3.05) is 43.4 Å². The second-order valence-electron chi connectivity index (χ2n) is 8.14. The number of aryl methyl sites for hydroxylation is 1. The van der Waals surface area contributed by atoms with E-state index in [0.717, 1.165) is 61.4 Å². The fourth-order valence-corrected chi connectivity index (χ4v) is 4.26. The van der Waals surface area contributed by atoms with Crippen LogP contribution in [0.4, 0.5) is 11.5 Å². The molecular formula is C22H30N4O. The van der Waals surface area contributed by atoms with E-state index in [1.54, 1.807) is 0 Å². The number of benzene rings is 1. The second-order valence-corrected chi connectivity index (χ2v) is 8.14. The molecule has 2 heterocycles. The first-order valence-electron chi connectivity index (χ1n) is 10.3. The number of pyridine rings is 1. The second kappa shape index (κ2) is 7.85. The quantitative estimate of drug-likeness (QED) is 0.897. The molecule has 1 amide bonds. The van der Waals surface area contributed by atoms with Gasteiger partial charge in [-0.15, -0.1) is 0 Å². The van der Waals surface area contributed by atoms with Gasteiger partial charge in [-0.05, 0) is 56.6 Å². The van der Waals surface area contributed by atoms with Crippen LogP contribution >= 0.6 is 0 Å². The minimum Gasteiger partial charge on any atom is -0.354 e. The topological polar surface area (TPSA) is 48.5 Å². The van der Waals surface area contributed by atoms with Crippen LogP contribution in [0, 0.1) is 12.8 Å². The first kappa shape index (κ1) is 18.2. The van der Waals surface area contributed by atoms with Crippen molar-refractivity contribution in [3.63, 3.8) is 0 Å². The van der Waals surface area contributed by atoms with Crippen molar-refractivity contribution in [1.29, 1.82) is 0 Å². The molecule has 1 aliphatic heterocycles. The van der Waals surface area contributed by atoms with Crippen molar-refractivity contribution in [2.45, 2.75) is 39.0 Å². The third-order valence-corrected chi connectivity index (χ3v) is 6.07. The lowest BCUT2D eigenvalue weighted by Gasteiger charge is -2.33. The van der Waals surface area contributed by atoms with E-state index >= 15 is 0 Å². The summed E-state index contributed by atoms with van der Waals surface area (Å²) >= 11 is 0. The minimum atomic E-state index is 0.174. The van der Waals surface area contributed by atoms with Gasteiger partial charge in [0.1, 0.15) is 5.82 Å². The summed E-state index contributed by atoms with van der Waals surface area (Å²) < 4.78 is 0. The molecule has 1 N–H and O–H groups in total. The first-order chi connectivity index (χ1) is 13.1. The number of piperazine rings is 1. The van der Waals surface area contributed by atoms with Gasteiger partial charge in [-0.2, -0.15) is 0 Å². The predicted molar refractivity (Wildman–Crippen MR) is 111 cm³/mol. The summed E-state index contributed by atoms with van der Waals surface area (Å²) in [5, 5.41) is 4.25. The highest BCUT2D eigenvalue weighted by molar-refractivity contribution is 5.96. The van der Waals surface area contributed by atoms with Crippen molar-refractivity contribution >= 4 is 28.3 Å². The van der Waals surface area contributed by atoms with Crippen LogP contribution in [0.25, 0.3) is 10.9 Å². The lowest BCUT2D eigenvalue weighted by atomic mass is 9.88. The van der Waals surface area contributed by atoms with Crippen molar-refractivity contribution < 1.29 is 4.79 Å². The highest BCUT2D eigenvalue weighted by atomic mass is 16.1. The Bertz CT molecular complexity index is 820. The number of hydrogen-bond acceptors (Lipinski definition) is 4. The molecule has 27 heavy (non-hydrogen) atoms. The molecule has 0 spiro atoms. The number of hydrogen-bond donors (Lipinski definition) is 1. The number of amides is 1. The number of nitrogens with one attached hydrogen (secondary N) is 1. The van der Waals surface area contributed by atoms with Crippen LogP contribution in [0.15, 0.2) is 24.3 Å². The van der Waals surface area contributed by atoms with Crippen LogP contribution in [-0.4, -0.2) is 49.0 Å². The molecular weight excluding hydrogens is 336 g/mol. The van der Waals surface area contributed by atoms with Gasteiger partial charge in [0.15, 0.2) is 0 Å². The van der Waals surface area contributed by atoms with Crippen LogP contribution < -0.4 is 10.2 Å². The number of carbonyl (C=O) groups excluding carboxylic acids is 1. The van der Waals surface area contributed by atoms with Crippen molar-refractivity contribution in [1.82, 2.24) is 9.88 Å². The standard InChI is InChI=1S/C22H30N4O/c1-16-14-21(26-12-10-25(2)11-13-26)24-20-9-8-18(15-19(16)20)23-22(27)17-6-4-3-5-7-17/h8-9,14-15,17H,3-7,10-13H2,1-2H3,(H,23,27). The number of nitrogens with zero attached hydrogens (tertiary/aromatic N) is 3. The molecule has 1 aromatic heterocycles. The van der Waals surface area contributed by atoms with Crippen molar-refractivity contribution in [3.8, 4) is 0 Å². The molecule has 0 bridgehead atoms. The molecule has 144 valence electrons. The molecule has 0 atom stereocenters. The number of aromatic nitrogens is 1.